The van der Waals surface area contributed by atoms with Crippen LogP contribution in [-0.4, -0.2) is 37.1 Å². The SMILES string of the molecule is CCN(CC)CCCOC(=O)c1cccc2c(N)cccc12.Cl. The zero-order valence-electron chi connectivity index (χ0n) is 13.7. The molecule has 0 aliphatic heterocycles. The van der Waals surface area contributed by atoms with Gasteiger partial charge in [-0.1, -0.05) is 38.1 Å². The second kappa shape index (κ2) is 9.38. The van der Waals surface area contributed by atoms with Crippen LogP contribution in [0.4, 0.5) is 5.69 Å². The van der Waals surface area contributed by atoms with Gasteiger partial charge in [0.15, 0.2) is 0 Å². The number of nitrogens with zero attached hydrogens (tertiary/aromatic N) is 1. The molecular weight excluding hydrogens is 312 g/mol. The Hall–Kier alpha value is -1.78. The molecule has 2 rings (SSSR count). The van der Waals surface area contributed by atoms with Crippen molar-refractivity contribution in [2.24, 2.45) is 0 Å². The van der Waals surface area contributed by atoms with Crippen LogP contribution in [0.5, 0.6) is 0 Å². The first kappa shape index (κ1) is 19.3. The number of carbonyl (C=O) groups excluding carboxylic acids is 1. The number of carbonyl (C=O) groups is 1. The predicted octanol–water partition coefficient (Wildman–Crippen LogP) is 3.73. The summed E-state index contributed by atoms with van der Waals surface area (Å²) < 4.78 is 5.41. The first-order valence-corrected chi connectivity index (χ1v) is 7.84. The van der Waals surface area contributed by atoms with Crippen molar-refractivity contribution in [3.05, 3.63) is 42.0 Å². The Morgan fingerprint density at radius 3 is 2.43 bits per heavy atom. The van der Waals surface area contributed by atoms with E-state index in [0.717, 1.165) is 36.8 Å². The van der Waals surface area contributed by atoms with Crippen molar-refractivity contribution >= 4 is 34.8 Å². The lowest BCUT2D eigenvalue weighted by Crippen LogP contribution is -2.25. The van der Waals surface area contributed by atoms with Crippen LogP contribution in [0.3, 0.4) is 0 Å². The van der Waals surface area contributed by atoms with E-state index in [1.54, 1.807) is 6.07 Å². The molecule has 0 bridgehead atoms. The minimum atomic E-state index is -0.282. The smallest absolute Gasteiger partial charge is 0.338 e. The number of nitrogen functional groups attached to an aromatic ring is 1. The summed E-state index contributed by atoms with van der Waals surface area (Å²) in [6, 6.07) is 11.1. The van der Waals surface area contributed by atoms with E-state index in [9.17, 15) is 4.79 Å². The largest absolute Gasteiger partial charge is 0.462 e. The van der Waals surface area contributed by atoms with Crippen LogP contribution in [0.1, 0.15) is 30.6 Å². The molecule has 0 radical (unpaired) electrons. The van der Waals surface area contributed by atoms with Crippen LogP contribution in [-0.2, 0) is 4.74 Å². The number of fused-ring (bicyclic) bond motifs is 1. The van der Waals surface area contributed by atoms with Gasteiger partial charge in [0.1, 0.15) is 0 Å². The molecule has 0 atom stereocenters. The van der Waals surface area contributed by atoms with Crippen molar-refractivity contribution < 1.29 is 9.53 Å². The summed E-state index contributed by atoms with van der Waals surface area (Å²) in [6.07, 6.45) is 0.848. The molecule has 0 aliphatic carbocycles. The lowest BCUT2D eigenvalue weighted by atomic mass is 10.0. The first-order chi connectivity index (χ1) is 10.7. The van der Waals surface area contributed by atoms with E-state index in [-0.39, 0.29) is 18.4 Å². The molecule has 0 unspecified atom stereocenters. The quantitative estimate of drug-likeness (QED) is 0.475. The Balaban J connectivity index is 0.00000264. The third kappa shape index (κ3) is 4.85. The van der Waals surface area contributed by atoms with Crippen molar-refractivity contribution in [1.82, 2.24) is 4.90 Å². The summed E-state index contributed by atoms with van der Waals surface area (Å²) in [6.45, 7) is 7.70. The molecule has 126 valence electrons. The van der Waals surface area contributed by atoms with Crippen LogP contribution in [0.15, 0.2) is 36.4 Å². The standard InChI is InChI=1S/C18H24N2O2.ClH/c1-3-20(4-2)12-7-13-22-18(21)16-10-5-9-15-14(16)8-6-11-17(15)19;/h5-6,8-11H,3-4,7,12-13,19H2,1-2H3;1H. The number of nitrogens with two attached hydrogens (primary N) is 1. The number of esters is 1. The van der Waals surface area contributed by atoms with E-state index < -0.39 is 0 Å². The number of anilines is 1. The van der Waals surface area contributed by atoms with Gasteiger partial charge in [0.25, 0.3) is 0 Å². The Kier molecular flexibility index (Phi) is 7.86. The average molecular weight is 337 g/mol. The lowest BCUT2D eigenvalue weighted by molar-refractivity contribution is 0.0492. The fourth-order valence-corrected chi connectivity index (χ4v) is 2.58. The van der Waals surface area contributed by atoms with Gasteiger partial charge in [0, 0.05) is 17.6 Å². The predicted molar refractivity (Wildman–Crippen MR) is 98.3 cm³/mol. The molecule has 23 heavy (non-hydrogen) atoms. The van der Waals surface area contributed by atoms with Crippen molar-refractivity contribution in [3.63, 3.8) is 0 Å². The maximum Gasteiger partial charge on any atom is 0.338 e. The summed E-state index contributed by atoms with van der Waals surface area (Å²) in [4.78, 5) is 14.6. The van der Waals surface area contributed by atoms with Gasteiger partial charge in [0.05, 0.1) is 12.2 Å². The molecule has 0 saturated heterocycles. The summed E-state index contributed by atoms with van der Waals surface area (Å²) in [7, 11) is 0. The maximum atomic E-state index is 12.3. The molecule has 0 heterocycles. The molecule has 0 amide bonds. The highest BCUT2D eigenvalue weighted by molar-refractivity contribution is 6.07. The molecule has 0 aromatic heterocycles. The molecule has 2 aromatic rings. The third-order valence-corrected chi connectivity index (χ3v) is 3.92. The highest BCUT2D eigenvalue weighted by atomic mass is 35.5. The average Bonchev–Trinajstić information content (AvgIpc) is 2.55. The molecule has 0 aliphatic rings. The molecule has 2 N–H and O–H groups in total. The molecule has 0 spiro atoms. The third-order valence-electron chi connectivity index (χ3n) is 3.92. The van der Waals surface area contributed by atoms with Gasteiger partial charge < -0.3 is 15.4 Å². The van der Waals surface area contributed by atoms with Gasteiger partial charge in [-0.2, -0.15) is 0 Å². The van der Waals surface area contributed by atoms with E-state index in [4.69, 9.17) is 10.5 Å². The summed E-state index contributed by atoms with van der Waals surface area (Å²) in [5.41, 5.74) is 7.20. The summed E-state index contributed by atoms with van der Waals surface area (Å²) >= 11 is 0. The van der Waals surface area contributed by atoms with Gasteiger partial charge in [-0.25, -0.2) is 4.79 Å². The van der Waals surface area contributed by atoms with Crippen molar-refractivity contribution in [1.29, 1.82) is 0 Å². The van der Waals surface area contributed by atoms with Gasteiger partial charge in [-0.3, -0.25) is 0 Å². The summed E-state index contributed by atoms with van der Waals surface area (Å²) in [5, 5.41) is 1.73. The van der Waals surface area contributed by atoms with Gasteiger partial charge in [0.2, 0.25) is 0 Å². The van der Waals surface area contributed by atoms with Crippen LogP contribution < -0.4 is 5.73 Å². The van der Waals surface area contributed by atoms with Crippen LogP contribution in [0.2, 0.25) is 0 Å². The van der Waals surface area contributed by atoms with Crippen molar-refractivity contribution in [3.8, 4) is 0 Å². The Morgan fingerprint density at radius 2 is 1.74 bits per heavy atom. The van der Waals surface area contributed by atoms with Crippen LogP contribution >= 0.6 is 12.4 Å². The molecule has 2 aromatic carbocycles. The normalized spacial score (nSPS) is 10.6. The lowest BCUT2D eigenvalue weighted by Gasteiger charge is -2.17. The zero-order valence-corrected chi connectivity index (χ0v) is 14.6. The van der Waals surface area contributed by atoms with E-state index in [1.807, 2.05) is 30.3 Å². The highest BCUT2D eigenvalue weighted by Gasteiger charge is 2.12. The number of rotatable bonds is 7. The van der Waals surface area contributed by atoms with E-state index in [1.165, 1.54) is 0 Å². The fraction of sp³-hybridized carbons (Fsp3) is 0.389. The van der Waals surface area contributed by atoms with Crippen molar-refractivity contribution in [2.75, 3.05) is 32.0 Å². The van der Waals surface area contributed by atoms with Crippen LogP contribution in [0.25, 0.3) is 10.8 Å². The molecular formula is C18H25ClN2O2. The monoisotopic (exact) mass is 336 g/mol. The van der Waals surface area contributed by atoms with Gasteiger partial charge in [-0.05, 0) is 37.0 Å². The Labute approximate surface area is 144 Å². The Bertz CT molecular complexity index is 642. The van der Waals surface area contributed by atoms with Gasteiger partial charge >= 0.3 is 5.97 Å². The number of hydrogen-bond acceptors (Lipinski definition) is 4. The zero-order chi connectivity index (χ0) is 15.9. The number of benzene rings is 2. The van der Waals surface area contributed by atoms with E-state index in [2.05, 4.69) is 18.7 Å². The molecule has 0 fully saturated rings. The maximum absolute atomic E-state index is 12.3. The highest BCUT2D eigenvalue weighted by Crippen LogP contribution is 2.24. The Morgan fingerprint density at radius 1 is 1.09 bits per heavy atom. The molecule has 4 nitrogen and oxygen atoms in total. The molecule has 5 heteroatoms. The second-order valence-electron chi connectivity index (χ2n) is 5.26. The summed E-state index contributed by atoms with van der Waals surface area (Å²) in [5.74, 6) is -0.282. The molecule has 0 saturated carbocycles. The minimum Gasteiger partial charge on any atom is -0.462 e. The van der Waals surface area contributed by atoms with Crippen molar-refractivity contribution in [2.45, 2.75) is 20.3 Å². The van der Waals surface area contributed by atoms with E-state index >= 15 is 0 Å². The van der Waals surface area contributed by atoms with Crippen LogP contribution in [0, 0.1) is 0 Å². The first-order valence-electron chi connectivity index (χ1n) is 7.84. The minimum absolute atomic E-state index is 0. The number of halogens is 1. The van der Waals surface area contributed by atoms with Gasteiger partial charge in [-0.15, -0.1) is 12.4 Å². The van der Waals surface area contributed by atoms with E-state index in [0.29, 0.717) is 17.9 Å². The fourth-order valence-electron chi connectivity index (χ4n) is 2.58. The number of hydrogen-bond donors (Lipinski definition) is 1. The topological polar surface area (TPSA) is 55.6 Å². The number of ether oxygens (including phenoxy) is 1. The second-order valence-corrected chi connectivity index (χ2v) is 5.26.